The molecule has 0 bridgehead atoms. The fourth-order valence-corrected chi connectivity index (χ4v) is 6.30. The second-order valence-electron chi connectivity index (χ2n) is 7.73. The molecule has 0 saturated carbocycles. The number of carbonyl (C=O) groups is 1. The van der Waals surface area contributed by atoms with Gasteiger partial charge in [0, 0.05) is 35.6 Å². The van der Waals surface area contributed by atoms with Crippen LogP contribution in [0.15, 0.2) is 65.7 Å². The molecule has 1 fully saturated rings. The Morgan fingerprint density at radius 1 is 1.13 bits per heavy atom. The molecule has 2 heterocycles. The zero-order valence-electron chi connectivity index (χ0n) is 17.3. The Morgan fingerprint density at radius 2 is 1.87 bits per heavy atom. The molecule has 1 atom stereocenters. The SMILES string of the molecule is CC1CCCCN1S(=O)(=O)c1ccc(C(=O)Nc2ncc(Cc3ccccc3)s2)cc1. The van der Waals surface area contributed by atoms with Crippen molar-refractivity contribution in [1.82, 2.24) is 9.29 Å². The molecule has 1 amide bonds. The first-order chi connectivity index (χ1) is 14.9. The summed E-state index contributed by atoms with van der Waals surface area (Å²) in [4.78, 5) is 18.2. The minimum atomic E-state index is -3.55. The van der Waals surface area contributed by atoms with Gasteiger partial charge in [0.05, 0.1) is 4.90 Å². The van der Waals surface area contributed by atoms with Gasteiger partial charge in [0.15, 0.2) is 5.13 Å². The molecule has 6 nitrogen and oxygen atoms in total. The van der Waals surface area contributed by atoms with E-state index < -0.39 is 10.0 Å². The van der Waals surface area contributed by atoms with Crippen LogP contribution >= 0.6 is 11.3 Å². The highest BCUT2D eigenvalue weighted by molar-refractivity contribution is 7.89. The van der Waals surface area contributed by atoms with Crippen molar-refractivity contribution < 1.29 is 13.2 Å². The summed E-state index contributed by atoms with van der Waals surface area (Å²) in [5, 5.41) is 3.32. The number of amides is 1. The third-order valence-electron chi connectivity index (χ3n) is 5.46. The number of nitrogens with one attached hydrogen (secondary N) is 1. The molecule has 1 aromatic heterocycles. The second kappa shape index (κ2) is 9.30. The van der Waals surface area contributed by atoms with E-state index in [0.29, 0.717) is 17.2 Å². The van der Waals surface area contributed by atoms with Gasteiger partial charge >= 0.3 is 0 Å². The predicted molar refractivity (Wildman–Crippen MR) is 123 cm³/mol. The second-order valence-corrected chi connectivity index (χ2v) is 10.7. The zero-order chi connectivity index (χ0) is 21.8. The number of aromatic nitrogens is 1. The van der Waals surface area contributed by atoms with Gasteiger partial charge < -0.3 is 0 Å². The number of anilines is 1. The minimum Gasteiger partial charge on any atom is -0.298 e. The van der Waals surface area contributed by atoms with Crippen LogP contribution < -0.4 is 5.32 Å². The third-order valence-corrected chi connectivity index (χ3v) is 8.40. The Kier molecular flexibility index (Phi) is 6.50. The Bertz CT molecular complexity index is 1140. The lowest BCUT2D eigenvalue weighted by Gasteiger charge is -2.32. The van der Waals surface area contributed by atoms with E-state index in [2.05, 4.69) is 22.4 Å². The van der Waals surface area contributed by atoms with Crippen molar-refractivity contribution in [2.24, 2.45) is 0 Å². The standard InChI is InChI=1S/C23H25N3O3S2/c1-17-7-5-6-14-26(17)31(28,29)21-12-10-19(11-13-21)22(27)25-23-24-16-20(30-23)15-18-8-3-2-4-9-18/h2-4,8-13,16-17H,5-7,14-15H2,1H3,(H,24,25,27). The molecule has 1 saturated heterocycles. The first kappa shape index (κ1) is 21.7. The van der Waals surface area contributed by atoms with E-state index in [9.17, 15) is 13.2 Å². The van der Waals surface area contributed by atoms with Crippen LogP contribution in [0.2, 0.25) is 0 Å². The van der Waals surface area contributed by atoms with Crippen molar-refractivity contribution in [1.29, 1.82) is 0 Å². The van der Waals surface area contributed by atoms with E-state index >= 15 is 0 Å². The molecule has 1 N–H and O–H groups in total. The first-order valence-corrected chi connectivity index (χ1v) is 12.6. The fraction of sp³-hybridized carbons (Fsp3) is 0.304. The average molecular weight is 456 g/mol. The number of hydrogen-bond acceptors (Lipinski definition) is 5. The lowest BCUT2D eigenvalue weighted by Crippen LogP contribution is -2.41. The quantitative estimate of drug-likeness (QED) is 0.591. The summed E-state index contributed by atoms with van der Waals surface area (Å²) in [7, 11) is -3.55. The zero-order valence-corrected chi connectivity index (χ0v) is 19.0. The van der Waals surface area contributed by atoms with Crippen LogP contribution in [0.3, 0.4) is 0 Å². The maximum absolute atomic E-state index is 12.9. The fourth-order valence-electron chi connectivity index (χ4n) is 3.76. The van der Waals surface area contributed by atoms with Crippen molar-refractivity contribution in [2.75, 3.05) is 11.9 Å². The first-order valence-electron chi connectivity index (χ1n) is 10.4. The monoisotopic (exact) mass is 455 g/mol. The van der Waals surface area contributed by atoms with Gasteiger partial charge in [-0.25, -0.2) is 13.4 Å². The molecule has 1 aliphatic rings. The topological polar surface area (TPSA) is 79.4 Å². The molecule has 0 spiro atoms. The Morgan fingerprint density at radius 3 is 2.58 bits per heavy atom. The molecule has 3 aromatic rings. The van der Waals surface area contributed by atoms with Gasteiger partial charge in [-0.05, 0) is 49.6 Å². The summed E-state index contributed by atoms with van der Waals surface area (Å²) >= 11 is 1.43. The highest BCUT2D eigenvalue weighted by Gasteiger charge is 2.30. The minimum absolute atomic E-state index is 0.00305. The van der Waals surface area contributed by atoms with Crippen LogP contribution in [-0.4, -0.2) is 36.2 Å². The lowest BCUT2D eigenvalue weighted by atomic mass is 10.1. The molecule has 0 aliphatic carbocycles. The molecule has 1 unspecified atom stereocenters. The number of rotatable bonds is 6. The summed E-state index contributed by atoms with van der Waals surface area (Å²) in [6.07, 6.45) is 5.33. The molecule has 31 heavy (non-hydrogen) atoms. The lowest BCUT2D eigenvalue weighted by molar-refractivity contribution is 0.102. The van der Waals surface area contributed by atoms with Crippen molar-refractivity contribution in [2.45, 2.75) is 43.5 Å². The van der Waals surface area contributed by atoms with Crippen molar-refractivity contribution in [3.05, 3.63) is 76.8 Å². The molecule has 8 heteroatoms. The Balaban J connectivity index is 1.42. The highest BCUT2D eigenvalue weighted by atomic mass is 32.2. The smallest absolute Gasteiger partial charge is 0.257 e. The van der Waals surface area contributed by atoms with E-state index in [1.54, 1.807) is 22.6 Å². The van der Waals surface area contributed by atoms with E-state index in [1.165, 1.54) is 29.0 Å². The molecular weight excluding hydrogens is 430 g/mol. The van der Waals surface area contributed by atoms with Crippen molar-refractivity contribution >= 4 is 32.4 Å². The van der Waals surface area contributed by atoms with Crippen molar-refractivity contribution in [3.8, 4) is 0 Å². The third kappa shape index (κ3) is 5.03. The van der Waals surface area contributed by atoms with Crippen LogP contribution in [-0.2, 0) is 16.4 Å². The number of nitrogens with zero attached hydrogens (tertiary/aromatic N) is 2. The number of hydrogen-bond donors (Lipinski definition) is 1. The van der Waals surface area contributed by atoms with Crippen LogP contribution in [0.1, 0.15) is 47.0 Å². The molecule has 0 radical (unpaired) electrons. The van der Waals surface area contributed by atoms with E-state index in [-0.39, 0.29) is 16.8 Å². The van der Waals surface area contributed by atoms with Crippen molar-refractivity contribution in [3.63, 3.8) is 0 Å². The van der Waals surface area contributed by atoms with Gasteiger partial charge in [-0.3, -0.25) is 10.1 Å². The summed E-state index contributed by atoms with van der Waals surface area (Å²) in [5.74, 6) is -0.309. The van der Waals surface area contributed by atoms with Gasteiger partial charge in [-0.1, -0.05) is 36.8 Å². The molecule has 162 valence electrons. The number of thiazole rings is 1. The van der Waals surface area contributed by atoms with Gasteiger partial charge in [0.25, 0.3) is 5.91 Å². The highest BCUT2D eigenvalue weighted by Crippen LogP contribution is 2.26. The summed E-state index contributed by atoms with van der Waals surface area (Å²) in [5.41, 5.74) is 1.58. The van der Waals surface area contributed by atoms with Gasteiger partial charge in [0.2, 0.25) is 10.0 Å². The maximum atomic E-state index is 12.9. The van der Waals surface area contributed by atoms with Gasteiger partial charge in [-0.2, -0.15) is 4.31 Å². The number of carbonyl (C=O) groups excluding carboxylic acids is 1. The van der Waals surface area contributed by atoms with Crippen LogP contribution in [0.4, 0.5) is 5.13 Å². The molecule has 1 aliphatic heterocycles. The number of benzene rings is 2. The largest absolute Gasteiger partial charge is 0.298 e. The summed E-state index contributed by atoms with van der Waals surface area (Å²) < 4.78 is 27.4. The van der Waals surface area contributed by atoms with E-state index in [0.717, 1.165) is 30.6 Å². The van der Waals surface area contributed by atoms with Crippen LogP contribution in [0, 0.1) is 0 Å². The summed E-state index contributed by atoms with van der Waals surface area (Å²) in [6, 6.07) is 16.2. The van der Waals surface area contributed by atoms with Crippen LogP contribution in [0.5, 0.6) is 0 Å². The van der Waals surface area contributed by atoms with Gasteiger partial charge in [-0.15, -0.1) is 11.3 Å². The number of piperidine rings is 1. The van der Waals surface area contributed by atoms with Crippen LogP contribution in [0.25, 0.3) is 0 Å². The predicted octanol–water partition coefficient (Wildman–Crippen LogP) is 4.55. The van der Waals surface area contributed by atoms with E-state index in [4.69, 9.17) is 0 Å². The summed E-state index contributed by atoms with van der Waals surface area (Å²) in [6.45, 7) is 2.49. The molecular formula is C23H25N3O3S2. The number of sulfonamides is 1. The normalized spacial score (nSPS) is 17.4. The Labute approximate surface area is 187 Å². The maximum Gasteiger partial charge on any atom is 0.257 e. The molecule has 4 rings (SSSR count). The molecule has 2 aromatic carbocycles. The van der Waals surface area contributed by atoms with E-state index in [1.807, 2.05) is 25.1 Å². The van der Waals surface area contributed by atoms with Gasteiger partial charge in [0.1, 0.15) is 0 Å². The Hall–Kier alpha value is -2.55. The average Bonchev–Trinajstić information content (AvgIpc) is 3.21.